The molecule has 3 amide bonds. The Labute approximate surface area is 177 Å². The van der Waals surface area contributed by atoms with Crippen LogP contribution in [0, 0.1) is 0 Å². The number of carbonyl (C=O) groups excluding carboxylic acids is 2. The monoisotopic (exact) mass is 432 g/mol. The minimum absolute atomic E-state index is 0.0290. The van der Waals surface area contributed by atoms with E-state index in [9.17, 15) is 18.4 Å². The SMILES string of the molecule is COc1cc(CN2C(=O)NC(C)(c3ccc4c(c3)CCC4)C2=O)ccc1SC(F)F. The fourth-order valence-corrected chi connectivity index (χ4v) is 4.70. The number of ether oxygens (including phenoxy) is 1. The number of aryl methyl sites for hydroxylation is 2. The number of carbonyl (C=O) groups is 2. The number of imide groups is 1. The highest BCUT2D eigenvalue weighted by Gasteiger charge is 2.49. The molecule has 158 valence electrons. The number of thioether (sulfide) groups is 1. The van der Waals surface area contributed by atoms with E-state index < -0.39 is 17.3 Å². The second kappa shape index (κ2) is 7.91. The number of urea groups is 1. The lowest BCUT2D eigenvalue weighted by molar-refractivity contribution is -0.131. The summed E-state index contributed by atoms with van der Waals surface area (Å²) >= 11 is 0.391. The molecule has 1 aliphatic heterocycles. The molecule has 1 N–H and O–H groups in total. The summed E-state index contributed by atoms with van der Waals surface area (Å²) in [6.07, 6.45) is 3.12. The summed E-state index contributed by atoms with van der Waals surface area (Å²) < 4.78 is 30.6. The van der Waals surface area contributed by atoms with Gasteiger partial charge in [0.05, 0.1) is 18.6 Å². The Hall–Kier alpha value is -2.61. The topological polar surface area (TPSA) is 58.6 Å². The molecular weight excluding hydrogens is 410 g/mol. The maximum Gasteiger partial charge on any atom is 0.325 e. The van der Waals surface area contributed by atoms with Crippen LogP contribution < -0.4 is 10.1 Å². The normalized spacial score (nSPS) is 20.6. The van der Waals surface area contributed by atoms with Crippen molar-refractivity contribution in [2.75, 3.05) is 7.11 Å². The van der Waals surface area contributed by atoms with E-state index in [0.29, 0.717) is 22.2 Å². The summed E-state index contributed by atoms with van der Waals surface area (Å²) in [7, 11) is 1.40. The number of nitrogens with one attached hydrogen (secondary N) is 1. The van der Waals surface area contributed by atoms with E-state index in [1.54, 1.807) is 19.1 Å². The lowest BCUT2D eigenvalue weighted by Crippen LogP contribution is -2.40. The fourth-order valence-electron chi connectivity index (χ4n) is 4.11. The van der Waals surface area contributed by atoms with Crippen LogP contribution in [0.2, 0.25) is 0 Å². The second-order valence-electron chi connectivity index (χ2n) is 7.65. The molecule has 1 fully saturated rings. The zero-order valence-corrected chi connectivity index (χ0v) is 17.5. The zero-order valence-electron chi connectivity index (χ0n) is 16.7. The predicted molar refractivity (Wildman–Crippen MR) is 110 cm³/mol. The van der Waals surface area contributed by atoms with Crippen LogP contribution in [-0.4, -0.2) is 29.7 Å². The molecule has 0 aromatic heterocycles. The third kappa shape index (κ3) is 3.64. The van der Waals surface area contributed by atoms with Crippen molar-refractivity contribution in [2.24, 2.45) is 0 Å². The molecule has 8 heteroatoms. The Balaban J connectivity index is 1.57. The Bertz CT molecular complexity index is 1010. The first-order chi connectivity index (χ1) is 14.3. The number of fused-ring (bicyclic) bond motifs is 1. The number of nitrogens with zero attached hydrogens (tertiary/aromatic N) is 1. The number of hydrogen-bond acceptors (Lipinski definition) is 4. The second-order valence-corrected chi connectivity index (χ2v) is 8.68. The Kier molecular flexibility index (Phi) is 5.44. The zero-order chi connectivity index (χ0) is 21.5. The van der Waals surface area contributed by atoms with Gasteiger partial charge in [-0.3, -0.25) is 9.69 Å². The van der Waals surface area contributed by atoms with Gasteiger partial charge in [0, 0.05) is 0 Å². The smallest absolute Gasteiger partial charge is 0.325 e. The van der Waals surface area contributed by atoms with Crippen molar-refractivity contribution in [3.8, 4) is 5.75 Å². The molecular formula is C22H22F2N2O3S. The molecule has 0 bridgehead atoms. The molecule has 0 saturated carbocycles. The van der Waals surface area contributed by atoms with Crippen LogP contribution in [0.1, 0.15) is 35.6 Å². The molecule has 0 radical (unpaired) electrons. The number of alkyl halides is 2. The minimum atomic E-state index is -2.57. The number of halogens is 2. The van der Waals surface area contributed by atoms with Crippen molar-refractivity contribution in [3.63, 3.8) is 0 Å². The van der Waals surface area contributed by atoms with Crippen LogP contribution in [0.15, 0.2) is 41.3 Å². The van der Waals surface area contributed by atoms with Crippen molar-refractivity contribution < 1.29 is 23.1 Å². The van der Waals surface area contributed by atoms with Crippen molar-refractivity contribution >= 4 is 23.7 Å². The highest BCUT2D eigenvalue weighted by atomic mass is 32.2. The van der Waals surface area contributed by atoms with Gasteiger partial charge in [-0.2, -0.15) is 8.78 Å². The molecule has 1 unspecified atom stereocenters. The van der Waals surface area contributed by atoms with Gasteiger partial charge in [-0.05, 0) is 60.6 Å². The van der Waals surface area contributed by atoms with Crippen LogP contribution in [0.3, 0.4) is 0 Å². The summed E-state index contributed by atoms with van der Waals surface area (Å²) in [5, 5.41) is 2.83. The lowest BCUT2D eigenvalue weighted by atomic mass is 9.89. The first kappa shape index (κ1) is 20.7. The standard InChI is InChI=1S/C22H22F2N2O3S/c1-22(16-8-7-14-4-3-5-15(14)11-16)19(27)26(21(28)25-22)12-13-6-9-18(30-20(23)24)17(10-13)29-2/h6-11,20H,3-5,12H2,1-2H3,(H,25,28). The number of benzene rings is 2. The molecule has 0 spiro atoms. The predicted octanol–water partition coefficient (Wildman–Crippen LogP) is 4.47. The van der Waals surface area contributed by atoms with Gasteiger partial charge in [0.2, 0.25) is 0 Å². The number of hydrogen-bond donors (Lipinski definition) is 1. The van der Waals surface area contributed by atoms with Gasteiger partial charge in [-0.25, -0.2) is 4.79 Å². The third-order valence-electron chi connectivity index (χ3n) is 5.74. The first-order valence-electron chi connectivity index (χ1n) is 9.70. The van der Waals surface area contributed by atoms with Crippen molar-refractivity contribution in [3.05, 3.63) is 58.7 Å². The van der Waals surface area contributed by atoms with E-state index in [2.05, 4.69) is 5.32 Å². The summed E-state index contributed by atoms with van der Waals surface area (Å²) in [4.78, 5) is 27.3. The van der Waals surface area contributed by atoms with E-state index >= 15 is 0 Å². The third-order valence-corrected chi connectivity index (χ3v) is 6.50. The highest BCUT2D eigenvalue weighted by Crippen LogP contribution is 2.36. The van der Waals surface area contributed by atoms with E-state index in [1.165, 1.54) is 24.3 Å². The van der Waals surface area contributed by atoms with Gasteiger partial charge in [-0.15, -0.1) is 0 Å². The van der Waals surface area contributed by atoms with E-state index in [0.717, 1.165) is 29.7 Å². The lowest BCUT2D eigenvalue weighted by Gasteiger charge is -2.23. The molecule has 1 saturated heterocycles. The van der Waals surface area contributed by atoms with Crippen molar-refractivity contribution in [1.29, 1.82) is 0 Å². The van der Waals surface area contributed by atoms with Crippen molar-refractivity contribution in [1.82, 2.24) is 10.2 Å². The Morgan fingerprint density at radius 2 is 1.93 bits per heavy atom. The van der Waals surface area contributed by atoms with Gasteiger partial charge in [0.15, 0.2) is 0 Å². The molecule has 2 aromatic carbocycles. The summed E-state index contributed by atoms with van der Waals surface area (Å²) in [5.74, 6) is -2.62. The van der Waals surface area contributed by atoms with Crippen LogP contribution in [0.25, 0.3) is 0 Å². The number of rotatable bonds is 6. The van der Waals surface area contributed by atoms with Crippen molar-refractivity contribution in [2.45, 2.75) is 48.9 Å². The van der Waals surface area contributed by atoms with Crippen LogP contribution in [0.4, 0.5) is 13.6 Å². The average molecular weight is 432 g/mol. The average Bonchev–Trinajstić information content (AvgIpc) is 3.27. The molecule has 1 aliphatic carbocycles. The Morgan fingerprint density at radius 1 is 1.17 bits per heavy atom. The molecule has 5 nitrogen and oxygen atoms in total. The Morgan fingerprint density at radius 3 is 2.67 bits per heavy atom. The van der Waals surface area contributed by atoms with Gasteiger partial charge >= 0.3 is 6.03 Å². The maximum atomic E-state index is 13.2. The minimum Gasteiger partial charge on any atom is -0.496 e. The van der Waals surface area contributed by atoms with Crippen LogP contribution >= 0.6 is 11.8 Å². The number of amides is 3. The van der Waals surface area contributed by atoms with Crippen LogP contribution in [0.5, 0.6) is 5.75 Å². The highest BCUT2D eigenvalue weighted by molar-refractivity contribution is 7.99. The van der Waals surface area contributed by atoms with Gasteiger partial charge < -0.3 is 10.1 Å². The summed E-state index contributed by atoms with van der Waals surface area (Å²) in [6.45, 7) is 1.74. The quantitative estimate of drug-likeness (QED) is 0.541. The largest absolute Gasteiger partial charge is 0.496 e. The van der Waals surface area contributed by atoms with Gasteiger partial charge in [0.1, 0.15) is 11.3 Å². The molecule has 1 atom stereocenters. The molecule has 2 aliphatic rings. The van der Waals surface area contributed by atoms with Gasteiger partial charge in [0.25, 0.3) is 11.7 Å². The van der Waals surface area contributed by atoms with Gasteiger partial charge in [-0.1, -0.05) is 36.0 Å². The van der Waals surface area contributed by atoms with Crippen LogP contribution in [-0.2, 0) is 29.7 Å². The first-order valence-corrected chi connectivity index (χ1v) is 10.6. The van der Waals surface area contributed by atoms with E-state index in [1.807, 2.05) is 18.2 Å². The van der Waals surface area contributed by atoms with E-state index in [-0.39, 0.29) is 18.2 Å². The number of methoxy groups -OCH3 is 1. The molecule has 30 heavy (non-hydrogen) atoms. The molecule has 2 aromatic rings. The summed E-state index contributed by atoms with van der Waals surface area (Å²) in [6, 6.07) is 10.2. The molecule has 1 heterocycles. The fraction of sp³-hybridized carbons (Fsp3) is 0.364. The van der Waals surface area contributed by atoms with E-state index in [4.69, 9.17) is 4.74 Å². The molecule has 4 rings (SSSR count). The maximum absolute atomic E-state index is 13.2. The summed E-state index contributed by atoms with van der Waals surface area (Å²) in [5.41, 5.74) is 2.78.